The normalized spacial score (nSPS) is 15.5. The number of amides is 1. The van der Waals surface area contributed by atoms with Gasteiger partial charge in [-0.25, -0.2) is 0 Å². The predicted octanol–water partition coefficient (Wildman–Crippen LogP) is 2.04. The van der Waals surface area contributed by atoms with Crippen LogP contribution in [0.1, 0.15) is 10.4 Å². The lowest BCUT2D eigenvalue weighted by Crippen LogP contribution is -2.47. The van der Waals surface area contributed by atoms with E-state index in [4.69, 9.17) is 0 Å². The summed E-state index contributed by atoms with van der Waals surface area (Å²) in [5, 5.41) is 0. The number of piperazine rings is 1. The molecule has 0 aliphatic carbocycles. The Morgan fingerprint density at radius 3 is 2.21 bits per heavy atom. The van der Waals surface area contributed by atoms with E-state index in [9.17, 15) is 9.59 Å². The Balaban J connectivity index is 1.81. The minimum Gasteiger partial charge on any atom is -0.336 e. The first-order chi connectivity index (χ1) is 11.5. The topological polar surface area (TPSA) is 45.6 Å². The van der Waals surface area contributed by atoms with Crippen LogP contribution in [0.2, 0.25) is 0 Å². The van der Waals surface area contributed by atoms with Gasteiger partial charge in [-0.05, 0) is 59.0 Å². The molecule has 2 heterocycles. The van der Waals surface area contributed by atoms with Gasteiger partial charge in [0, 0.05) is 45.0 Å². The van der Waals surface area contributed by atoms with Gasteiger partial charge in [0.1, 0.15) is 0 Å². The summed E-state index contributed by atoms with van der Waals surface area (Å²) in [5.74, 6) is 0.0877. The highest BCUT2D eigenvalue weighted by molar-refractivity contribution is 14.1. The zero-order valence-electron chi connectivity index (χ0n) is 13.8. The Morgan fingerprint density at radius 2 is 1.62 bits per heavy atom. The Kier molecular flexibility index (Phi) is 5.05. The molecule has 2 aromatic rings. The van der Waals surface area contributed by atoms with Crippen LogP contribution in [0.5, 0.6) is 0 Å². The molecular formula is C18H20IN3O2. The molecule has 6 heteroatoms. The molecule has 0 bridgehead atoms. The summed E-state index contributed by atoms with van der Waals surface area (Å²) < 4.78 is 2.27. The van der Waals surface area contributed by atoms with Crippen molar-refractivity contribution in [2.75, 3.05) is 33.2 Å². The number of carbonyl (C=O) groups is 1. The molecule has 1 aliphatic heterocycles. The van der Waals surface area contributed by atoms with Crippen molar-refractivity contribution in [1.82, 2.24) is 14.4 Å². The molecule has 1 aliphatic rings. The number of hydrogen-bond acceptors (Lipinski definition) is 3. The molecule has 0 spiro atoms. The number of benzene rings is 1. The highest BCUT2D eigenvalue weighted by Crippen LogP contribution is 2.21. The number of halogens is 1. The van der Waals surface area contributed by atoms with Crippen LogP contribution in [0.4, 0.5) is 0 Å². The van der Waals surface area contributed by atoms with Gasteiger partial charge in [0.05, 0.1) is 3.57 Å². The van der Waals surface area contributed by atoms with Crippen LogP contribution in [0.15, 0.2) is 41.3 Å². The molecule has 24 heavy (non-hydrogen) atoms. The van der Waals surface area contributed by atoms with E-state index in [2.05, 4.69) is 34.5 Å². The lowest BCUT2D eigenvalue weighted by Gasteiger charge is -2.32. The van der Waals surface area contributed by atoms with Crippen LogP contribution in [-0.4, -0.2) is 53.5 Å². The molecular weight excluding hydrogens is 417 g/mol. The number of pyridine rings is 1. The first-order valence-corrected chi connectivity index (χ1v) is 8.98. The maximum atomic E-state index is 12.6. The van der Waals surface area contributed by atoms with Crippen LogP contribution >= 0.6 is 22.6 Å². The van der Waals surface area contributed by atoms with E-state index in [0.29, 0.717) is 9.13 Å². The molecule has 1 fully saturated rings. The van der Waals surface area contributed by atoms with Crippen molar-refractivity contribution in [3.05, 3.63) is 56.0 Å². The van der Waals surface area contributed by atoms with Gasteiger partial charge in [0.15, 0.2) is 0 Å². The van der Waals surface area contributed by atoms with Gasteiger partial charge in [0.2, 0.25) is 0 Å². The van der Waals surface area contributed by atoms with E-state index in [1.54, 1.807) is 11.6 Å². The molecule has 1 amide bonds. The molecule has 1 aromatic heterocycles. The van der Waals surface area contributed by atoms with Crippen molar-refractivity contribution < 1.29 is 4.79 Å². The molecule has 1 aromatic carbocycles. The van der Waals surface area contributed by atoms with Gasteiger partial charge in [-0.3, -0.25) is 9.59 Å². The minimum atomic E-state index is 0.00112. The monoisotopic (exact) mass is 437 g/mol. The van der Waals surface area contributed by atoms with E-state index in [0.717, 1.165) is 37.3 Å². The van der Waals surface area contributed by atoms with Crippen molar-refractivity contribution in [3.63, 3.8) is 0 Å². The molecule has 1 saturated heterocycles. The zero-order chi connectivity index (χ0) is 17.3. The number of nitrogens with zero attached hydrogens (tertiary/aromatic N) is 3. The summed E-state index contributed by atoms with van der Waals surface area (Å²) >= 11 is 2.05. The van der Waals surface area contributed by atoms with Gasteiger partial charge in [-0.15, -0.1) is 0 Å². The lowest BCUT2D eigenvalue weighted by molar-refractivity contribution is 0.0664. The number of hydrogen-bond donors (Lipinski definition) is 0. The fraction of sp³-hybridized carbons (Fsp3) is 0.333. The Morgan fingerprint density at radius 1 is 1.00 bits per heavy atom. The molecule has 0 saturated carbocycles. The maximum absolute atomic E-state index is 12.6. The number of carbonyl (C=O) groups excluding carboxylic acids is 1. The number of rotatable bonds is 2. The summed E-state index contributed by atoms with van der Waals surface area (Å²) in [6.45, 7) is 3.38. The van der Waals surface area contributed by atoms with E-state index in [1.165, 1.54) is 0 Å². The minimum absolute atomic E-state index is 0.00112. The first-order valence-electron chi connectivity index (χ1n) is 7.90. The average molecular weight is 437 g/mol. The third-order valence-electron chi connectivity index (χ3n) is 4.40. The number of aromatic nitrogens is 1. The zero-order valence-corrected chi connectivity index (χ0v) is 16.0. The molecule has 0 atom stereocenters. The maximum Gasteiger partial charge on any atom is 0.263 e. The van der Waals surface area contributed by atoms with E-state index in [-0.39, 0.29) is 11.5 Å². The first kappa shape index (κ1) is 17.2. The van der Waals surface area contributed by atoms with Crippen LogP contribution in [0, 0.1) is 3.57 Å². The highest BCUT2D eigenvalue weighted by Gasteiger charge is 2.20. The van der Waals surface area contributed by atoms with Crippen LogP contribution in [-0.2, 0) is 7.05 Å². The molecule has 3 rings (SSSR count). The number of likely N-dealkylation sites (N-methyl/N-ethyl adjacent to an activating group) is 1. The lowest BCUT2D eigenvalue weighted by atomic mass is 10.0. The van der Waals surface area contributed by atoms with Gasteiger partial charge in [0.25, 0.3) is 11.5 Å². The van der Waals surface area contributed by atoms with Gasteiger partial charge < -0.3 is 14.4 Å². The Hall–Kier alpha value is -1.67. The fourth-order valence-corrected chi connectivity index (χ4v) is 3.54. The summed E-state index contributed by atoms with van der Waals surface area (Å²) in [7, 11) is 3.82. The Bertz CT molecular complexity index is 780. The van der Waals surface area contributed by atoms with Crippen LogP contribution in [0.3, 0.4) is 0 Å². The second-order valence-corrected chi connectivity index (χ2v) is 7.33. The molecule has 0 N–H and O–H groups in total. The van der Waals surface area contributed by atoms with E-state index >= 15 is 0 Å². The highest BCUT2D eigenvalue weighted by atomic mass is 127. The summed E-state index contributed by atoms with van der Waals surface area (Å²) in [5.41, 5.74) is 2.68. The van der Waals surface area contributed by atoms with Crippen LogP contribution < -0.4 is 5.56 Å². The van der Waals surface area contributed by atoms with Crippen molar-refractivity contribution in [3.8, 4) is 11.1 Å². The third-order valence-corrected chi connectivity index (χ3v) is 5.17. The van der Waals surface area contributed by atoms with E-state index < -0.39 is 0 Å². The third kappa shape index (κ3) is 3.54. The van der Waals surface area contributed by atoms with Crippen molar-refractivity contribution in [1.29, 1.82) is 0 Å². The smallest absolute Gasteiger partial charge is 0.263 e. The molecule has 5 nitrogen and oxygen atoms in total. The van der Waals surface area contributed by atoms with Gasteiger partial charge in [-0.1, -0.05) is 12.1 Å². The van der Waals surface area contributed by atoms with Gasteiger partial charge >= 0.3 is 0 Å². The van der Waals surface area contributed by atoms with E-state index in [1.807, 2.05) is 41.4 Å². The second kappa shape index (κ2) is 7.06. The summed E-state index contributed by atoms with van der Waals surface area (Å²) in [6.07, 6.45) is 1.82. The predicted molar refractivity (Wildman–Crippen MR) is 103 cm³/mol. The van der Waals surface area contributed by atoms with Crippen molar-refractivity contribution >= 4 is 28.5 Å². The van der Waals surface area contributed by atoms with Crippen molar-refractivity contribution in [2.24, 2.45) is 7.05 Å². The molecule has 0 unspecified atom stereocenters. The summed E-state index contributed by atoms with van der Waals surface area (Å²) in [4.78, 5) is 28.5. The van der Waals surface area contributed by atoms with Gasteiger partial charge in [-0.2, -0.15) is 0 Å². The Labute approximate surface area is 155 Å². The summed E-state index contributed by atoms with van der Waals surface area (Å²) in [6, 6.07) is 9.50. The SMILES string of the molecule is CN1CCN(C(=O)c2ccc(-c3cc(I)c(=O)n(C)c3)cc2)CC1. The van der Waals surface area contributed by atoms with Crippen LogP contribution in [0.25, 0.3) is 11.1 Å². The average Bonchev–Trinajstić information content (AvgIpc) is 2.59. The molecule has 0 radical (unpaired) electrons. The fourth-order valence-electron chi connectivity index (χ4n) is 2.83. The number of aryl methyl sites for hydroxylation is 1. The second-order valence-electron chi connectivity index (χ2n) is 6.17. The quantitative estimate of drug-likeness (QED) is 0.676. The standard InChI is InChI=1S/C18H20IN3O2/c1-20-7-9-22(10-8-20)17(23)14-5-3-13(4-6-14)15-11-16(19)18(24)21(2)12-15/h3-6,11-12H,7-10H2,1-2H3. The largest absolute Gasteiger partial charge is 0.336 e. The molecule has 126 valence electrons. The van der Waals surface area contributed by atoms with Crippen molar-refractivity contribution in [2.45, 2.75) is 0 Å².